The molecule has 0 radical (unpaired) electrons. The quantitative estimate of drug-likeness (QED) is 0.732. The summed E-state index contributed by atoms with van der Waals surface area (Å²) in [7, 11) is 0. The number of nitrogens with one attached hydrogen (secondary N) is 1. The molecular formula is C22H29NO2. The van der Waals surface area contributed by atoms with E-state index in [0.29, 0.717) is 17.4 Å². The normalized spacial score (nSPS) is 12.3. The number of rotatable bonds is 7. The molecule has 0 aliphatic carbocycles. The Morgan fingerprint density at radius 3 is 2.20 bits per heavy atom. The van der Waals surface area contributed by atoms with Crippen LogP contribution in [0.3, 0.4) is 0 Å². The lowest BCUT2D eigenvalue weighted by Crippen LogP contribution is -2.20. The number of carbonyl (C=O) groups is 1. The zero-order valence-electron chi connectivity index (χ0n) is 15.9. The Morgan fingerprint density at radius 2 is 1.60 bits per heavy atom. The molecule has 25 heavy (non-hydrogen) atoms. The fraction of sp³-hybridized carbons (Fsp3) is 0.409. The molecule has 134 valence electrons. The Morgan fingerprint density at radius 1 is 0.960 bits per heavy atom. The van der Waals surface area contributed by atoms with Gasteiger partial charge < -0.3 is 10.1 Å². The van der Waals surface area contributed by atoms with Gasteiger partial charge in [-0.25, -0.2) is 0 Å². The van der Waals surface area contributed by atoms with Gasteiger partial charge >= 0.3 is 0 Å². The fourth-order valence-electron chi connectivity index (χ4n) is 2.73. The van der Waals surface area contributed by atoms with Gasteiger partial charge in [0, 0.05) is 0 Å². The number of hydrogen-bond acceptors (Lipinski definition) is 2. The van der Waals surface area contributed by atoms with Crippen LogP contribution in [0.25, 0.3) is 0 Å². The maximum absolute atomic E-state index is 12.6. The Hall–Kier alpha value is -2.29. The summed E-state index contributed by atoms with van der Waals surface area (Å²) in [5.41, 5.74) is 3.04. The molecule has 2 aromatic rings. The van der Waals surface area contributed by atoms with E-state index in [-0.39, 0.29) is 17.9 Å². The summed E-state index contributed by atoms with van der Waals surface area (Å²) in [6.07, 6.45) is 1.12. The third kappa shape index (κ3) is 5.63. The number of hydrogen-bond donors (Lipinski definition) is 1. The van der Waals surface area contributed by atoms with Crippen molar-refractivity contribution in [1.82, 2.24) is 0 Å². The topological polar surface area (TPSA) is 38.3 Å². The predicted octanol–water partition coefficient (Wildman–Crippen LogP) is 5.41. The first-order valence-corrected chi connectivity index (χ1v) is 9.02. The SMILES string of the molecule is CC(C)Cc1ccc(C(C)C(=O)Nc2ccccc2OC(C)C)cc1. The van der Waals surface area contributed by atoms with E-state index in [1.54, 1.807) is 0 Å². The lowest BCUT2D eigenvalue weighted by atomic mass is 9.96. The van der Waals surface area contributed by atoms with Crippen LogP contribution in [0.4, 0.5) is 5.69 Å². The highest BCUT2D eigenvalue weighted by molar-refractivity contribution is 5.96. The van der Waals surface area contributed by atoms with Crippen LogP contribution in [0, 0.1) is 5.92 Å². The molecule has 0 saturated heterocycles. The minimum atomic E-state index is -0.222. The van der Waals surface area contributed by atoms with Gasteiger partial charge in [-0.1, -0.05) is 50.2 Å². The van der Waals surface area contributed by atoms with Gasteiger partial charge in [0.15, 0.2) is 0 Å². The van der Waals surface area contributed by atoms with E-state index in [2.05, 4.69) is 43.4 Å². The van der Waals surface area contributed by atoms with Crippen molar-refractivity contribution in [2.45, 2.75) is 53.1 Å². The molecule has 1 atom stereocenters. The van der Waals surface area contributed by atoms with Gasteiger partial charge in [0.2, 0.25) is 5.91 Å². The van der Waals surface area contributed by atoms with Gasteiger partial charge in [-0.2, -0.15) is 0 Å². The first-order chi connectivity index (χ1) is 11.9. The molecule has 3 nitrogen and oxygen atoms in total. The summed E-state index contributed by atoms with van der Waals surface area (Å²) in [4.78, 5) is 12.6. The first-order valence-electron chi connectivity index (χ1n) is 9.02. The Bertz CT molecular complexity index is 689. The zero-order valence-corrected chi connectivity index (χ0v) is 15.9. The minimum absolute atomic E-state index is 0.0311. The third-order valence-corrected chi connectivity index (χ3v) is 4.02. The minimum Gasteiger partial charge on any atom is -0.489 e. The van der Waals surface area contributed by atoms with Crippen molar-refractivity contribution in [3.63, 3.8) is 0 Å². The molecule has 2 aromatic carbocycles. The molecule has 0 heterocycles. The molecule has 0 spiro atoms. The highest BCUT2D eigenvalue weighted by Gasteiger charge is 2.17. The molecule has 0 aliphatic heterocycles. The number of ether oxygens (including phenoxy) is 1. The second kappa shape index (κ2) is 8.70. The van der Waals surface area contributed by atoms with Crippen LogP contribution in [-0.4, -0.2) is 12.0 Å². The van der Waals surface area contributed by atoms with Crippen molar-refractivity contribution in [3.05, 3.63) is 59.7 Å². The maximum atomic E-state index is 12.6. The van der Waals surface area contributed by atoms with Crippen molar-refractivity contribution >= 4 is 11.6 Å². The predicted molar refractivity (Wildman–Crippen MR) is 104 cm³/mol. The number of carbonyl (C=O) groups excluding carboxylic acids is 1. The van der Waals surface area contributed by atoms with Crippen molar-refractivity contribution < 1.29 is 9.53 Å². The number of anilines is 1. The standard InChI is InChI=1S/C22H29NO2/c1-15(2)14-18-10-12-19(13-11-18)17(5)22(24)23-20-8-6-7-9-21(20)25-16(3)4/h6-13,15-17H,14H2,1-5H3,(H,23,24). The van der Waals surface area contributed by atoms with Crippen LogP contribution in [0.15, 0.2) is 48.5 Å². The number of benzene rings is 2. The van der Waals surface area contributed by atoms with E-state index < -0.39 is 0 Å². The molecule has 3 heteroatoms. The molecule has 0 bridgehead atoms. The van der Waals surface area contributed by atoms with Crippen LogP contribution in [0.5, 0.6) is 5.75 Å². The van der Waals surface area contributed by atoms with Crippen LogP contribution >= 0.6 is 0 Å². The monoisotopic (exact) mass is 339 g/mol. The van der Waals surface area contributed by atoms with Gasteiger partial charge in [0.1, 0.15) is 5.75 Å². The van der Waals surface area contributed by atoms with Gasteiger partial charge in [0.25, 0.3) is 0 Å². The van der Waals surface area contributed by atoms with E-state index in [1.165, 1.54) is 5.56 Å². The smallest absolute Gasteiger partial charge is 0.231 e. The first kappa shape index (κ1) is 19.0. The summed E-state index contributed by atoms with van der Waals surface area (Å²) in [6, 6.07) is 15.9. The Balaban J connectivity index is 2.08. The summed E-state index contributed by atoms with van der Waals surface area (Å²) in [5, 5.41) is 3.00. The molecule has 1 unspecified atom stereocenters. The van der Waals surface area contributed by atoms with Gasteiger partial charge in [-0.15, -0.1) is 0 Å². The van der Waals surface area contributed by atoms with E-state index in [4.69, 9.17) is 4.74 Å². The summed E-state index contributed by atoms with van der Waals surface area (Å²) in [6.45, 7) is 10.3. The summed E-state index contributed by atoms with van der Waals surface area (Å²) >= 11 is 0. The van der Waals surface area contributed by atoms with Crippen LogP contribution in [0.2, 0.25) is 0 Å². The zero-order chi connectivity index (χ0) is 18.4. The average Bonchev–Trinajstić information content (AvgIpc) is 2.55. The summed E-state index contributed by atoms with van der Waals surface area (Å²) < 4.78 is 5.77. The number of amides is 1. The van der Waals surface area contributed by atoms with Crippen molar-refractivity contribution in [2.75, 3.05) is 5.32 Å². The average molecular weight is 339 g/mol. The van der Waals surface area contributed by atoms with Crippen molar-refractivity contribution in [3.8, 4) is 5.75 Å². The Kier molecular flexibility index (Phi) is 6.63. The van der Waals surface area contributed by atoms with E-state index in [9.17, 15) is 4.79 Å². The number of para-hydroxylation sites is 2. The molecular weight excluding hydrogens is 310 g/mol. The Labute approximate surface area is 151 Å². The highest BCUT2D eigenvalue weighted by atomic mass is 16.5. The van der Waals surface area contributed by atoms with E-state index >= 15 is 0 Å². The van der Waals surface area contributed by atoms with Crippen LogP contribution in [0.1, 0.15) is 51.7 Å². The van der Waals surface area contributed by atoms with Crippen LogP contribution in [-0.2, 0) is 11.2 Å². The van der Waals surface area contributed by atoms with Crippen molar-refractivity contribution in [1.29, 1.82) is 0 Å². The van der Waals surface area contributed by atoms with E-state index in [0.717, 1.165) is 12.0 Å². The second-order valence-corrected chi connectivity index (χ2v) is 7.21. The largest absolute Gasteiger partial charge is 0.489 e. The summed E-state index contributed by atoms with van der Waals surface area (Å²) in [5.74, 6) is 1.07. The highest BCUT2D eigenvalue weighted by Crippen LogP contribution is 2.27. The second-order valence-electron chi connectivity index (χ2n) is 7.21. The van der Waals surface area contributed by atoms with Gasteiger partial charge in [0.05, 0.1) is 17.7 Å². The molecule has 1 amide bonds. The molecule has 1 N–H and O–H groups in total. The fourth-order valence-corrected chi connectivity index (χ4v) is 2.73. The van der Waals surface area contributed by atoms with Gasteiger partial charge in [-0.05, 0) is 56.4 Å². The molecule has 0 aromatic heterocycles. The van der Waals surface area contributed by atoms with Crippen LogP contribution < -0.4 is 10.1 Å². The molecule has 2 rings (SSSR count). The molecule has 0 aliphatic rings. The maximum Gasteiger partial charge on any atom is 0.231 e. The lowest BCUT2D eigenvalue weighted by molar-refractivity contribution is -0.117. The third-order valence-electron chi connectivity index (χ3n) is 4.02. The lowest BCUT2D eigenvalue weighted by Gasteiger charge is -2.17. The van der Waals surface area contributed by atoms with Gasteiger partial charge in [-0.3, -0.25) is 4.79 Å². The van der Waals surface area contributed by atoms with E-state index in [1.807, 2.05) is 45.0 Å². The molecule has 0 fully saturated rings. The molecule has 0 saturated carbocycles. The van der Waals surface area contributed by atoms with Crippen molar-refractivity contribution in [2.24, 2.45) is 5.92 Å².